The predicted octanol–water partition coefficient (Wildman–Crippen LogP) is 3.82. The van der Waals surface area contributed by atoms with Crippen LogP contribution in [0, 0.1) is 0 Å². The number of rotatable bonds is 3. The monoisotopic (exact) mass is 284 g/mol. The highest BCUT2D eigenvalue weighted by Gasteiger charge is 2.19. The molecule has 0 radical (unpaired) electrons. The molecule has 0 bridgehead atoms. The van der Waals surface area contributed by atoms with Crippen LogP contribution in [0.1, 0.15) is 44.3 Å². The van der Waals surface area contributed by atoms with Gasteiger partial charge in [0.2, 0.25) is 0 Å². The van der Waals surface area contributed by atoms with Crippen LogP contribution in [0.2, 0.25) is 0 Å². The van der Waals surface area contributed by atoms with Gasteiger partial charge in [-0.05, 0) is 44.7 Å². The molecule has 3 heteroatoms. The molecule has 0 amide bonds. The zero-order valence-electron chi connectivity index (χ0n) is 9.45. The van der Waals surface area contributed by atoms with Crippen LogP contribution in [0.4, 0.5) is 0 Å². The maximum atomic E-state index is 9.67. The number of hydrogen-bond acceptors (Lipinski definition) is 2. The molecule has 16 heavy (non-hydrogen) atoms. The normalized spacial score (nSPS) is 18.7. The van der Waals surface area contributed by atoms with Crippen LogP contribution in [0.5, 0.6) is 5.75 Å². The van der Waals surface area contributed by atoms with Gasteiger partial charge < -0.3 is 9.84 Å². The quantitative estimate of drug-likeness (QED) is 0.914. The van der Waals surface area contributed by atoms with Crippen molar-refractivity contribution in [2.24, 2.45) is 0 Å². The molecule has 1 fully saturated rings. The van der Waals surface area contributed by atoms with Gasteiger partial charge in [0, 0.05) is 10.0 Å². The summed E-state index contributed by atoms with van der Waals surface area (Å²) >= 11 is 3.43. The van der Waals surface area contributed by atoms with Gasteiger partial charge in [-0.1, -0.05) is 22.0 Å². The van der Waals surface area contributed by atoms with Crippen LogP contribution in [-0.4, -0.2) is 11.2 Å². The summed E-state index contributed by atoms with van der Waals surface area (Å²) in [6, 6.07) is 5.79. The average Bonchev–Trinajstić information content (AvgIpc) is 2.70. The highest BCUT2D eigenvalue weighted by Crippen LogP contribution is 2.32. The van der Waals surface area contributed by atoms with Crippen LogP contribution in [0.15, 0.2) is 22.7 Å². The number of halogens is 1. The third-order valence-electron chi connectivity index (χ3n) is 3.02. The Labute approximate surface area is 105 Å². The largest absolute Gasteiger partial charge is 0.490 e. The fourth-order valence-corrected chi connectivity index (χ4v) is 2.48. The van der Waals surface area contributed by atoms with E-state index in [4.69, 9.17) is 4.74 Å². The lowest BCUT2D eigenvalue weighted by Gasteiger charge is -2.18. The van der Waals surface area contributed by atoms with Crippen LogP contribution in [0.3, 0.4) is 0 Å². The minimum atomic E-state index is -0.482. The standard InChI is InChI=1S/C13H17BrO2/c1-9(15)12-7-6-10(14)8-13(12)16-11-4-2-3-5-11/h6-9,11,15H,2-5H2,1H3. The minimum Gasteiger partial charge on any atom is -0.490 e. The molecule has 1 saturated carbocycles. The molecule has 0 spiro atoms. The first-order chi connectivity index (χ1) is 7.66. The van der Waals surface area contributed by atoms with Crippen LogP contribution in [-0.2, 0) is 0 Å². The maximum Gasteiger partial charge on any atom is 0.126 e. The van der Waals surface area contributed by atoms with Gasteiger partial charge in [0.1, 0.15) is 5.75 Å². The highest BCUT2D eigenvalue weighted by atomic mass is 79.9. The summed E-state index contributed by atoms with van der Waals surface area (Å²) in [5.41, 5.74) is 0.870. The van der Waals surface area contributed by atoms with Crippen molar-refractivity contribution in [2.45, 2.75) is 44.8 Å². The SMILES string of the molecule is CC(O)c1ccc(Br)cc1OC1CCCC1. The summed E-state index contributed by atoms with van der Waals surface area (Å²) in [5, 5.41) is 9.67. The number of benzene rings is 1. The molecule has 2 rings (SSSR count). The van der Waals surface area contributed by atoms with Crippen LogP contribution >= 0.6 is 15.9 Å². The van der Waals surface area contributed by atoms with E-state index in [1.54, 1.807) is 6.92 Å². The minimum absolute atomic E-state index is 0.326. The van der Waals surface area contributed by atoms with Crippen molar-refractivity contribution >= 4 is 15.9 Å². The Kier molecular flexibility index (Phi) is 3.87. The summed E-state index contributed by atoms with van der Waals surface area (Å²) < 4.78 is 6.95. The number of ether oxygens (including phenoxy) is 1. The van der Waals surface area contributed by atoms with E-state index in [-0.39, 0.29) is 0 Å². The summed E-state index contributed by atoms with van der Waals surface area (Å²) in [5.74, 6) is 0.816. The summed E-state index contributed by atoms with van der Waals surface area (Å²) in [6.07, 6.45) is 4.61. The van der Waals surface area contributed by atoms with E-state index in [0.29, 0.717) is 6.10 Å². The number of aliphatic hydroxyl groups excluding tert-OH is 1. The van der Waals surface area contributed by atoms with Gasteiger partial charge in [-0.15, -0.1) is 0 Å². The van der Waals surface area contributed by atoms with E-state index in [0.717, 1.165) is 28.6 Å². The van der Waals surface area contributed by atoms with Crippen LogP contribution in [0.25, 0.3) is 0 Å². The summed E-state index contributed by atoms with van der Waals surface area (Å²) in [7, 11) is 0. The predicted molar refractivity (Wildman–Crippen MR) is 67.7 cm³/mol. The lowest BCUT2D eigenvalue weighted by atomic mass is 10.1. The third-order valence-corrected chi connectivity index (χ3v) is 3.51. The second-order valence-electron chi connectivity index (χ2n) is 4.38. The van der Waals surface area contributed by atoms with Crippen molar-refractivity contribution in [3.8, 4) is 5.75 Å². The zero-order chi connectivity index (χ0) is 11.5. The third kappa shape index (κ3) is 2.77. The lowest BCUT2D eigenvalue weighted by molar-refractivity contribution is 0.174. The molecule has 0 aromatic heterocycles. The van der Waals surface area contributed by atoms with Crippen molar-refractivity contribution in [2.75, 3.05) is 0 Å². The topological polar surface area (TPSA) is 29.5 Å². The Balaban J connectivity index is 2.19. The second kappa shape index (κ2) is 5.19. The molecule has 88 valence electrons. The second-order valence-corrected chi connectivity index (χ2v) is 5.30. The Morgan fingerprint density at radius 3 is 2.69 bits per heavy atom. The zero-order valence-corrected chi connectivity index (χ0v) is 11.0. The van der Waals surface area contributed by atoms with Gasteiger partial charge in [0.15, 0.2) is 0 Å². The molecular weight excluding hydrogens is 268 g/mol. The molecule has 0 heterocycles. The van der Waals surface area contributed by atoms with Gasteiger partial charge in [-0.2, -0.15) is 0 Å². The molecule has 2 nitrogen and oxygen atoms in total. The van der Waals surface area contributed by atoms with E-state index in [1.807, 2.05) is 18.2 Å². The van der Waals surface area contributed by atoms with E-state index >= 15 is 0 Å². The molecule has 1 aromatic carbocycles. The van der Waals surface area contributed by atoms with Crippen molar-refractivity contribution in [3.63, 3.8) is 0 Å². The Hall–Kier alpha value is -0.540. The van der Waals surface area contributed by atoms with Crippen molar-refractivity contribution in [1.29, 1.82) is 0 Å². The summed E-state index contributed by atoms with van der Waals surface area (Å²) in [4.78, 5) is 0. The molecule has 1 N–H and O–H groups in total. The van der Waals surface area contributed by atoms with E-state index < -0.39 is 6.10 Å². The Morgan fingerprint density at radius 2 is 2.06 bits per heavy atom. The molecule has 1 unspecified atom stereocenters. The Bertz CT molecular complexity index is 357. The van der Waals surface area contributed by atoms with Gasteiger partial charge in [0.05, 0.1) is 12.2 Å². The molecule has 1 aliphatic carbocycles. The lowest BCUT2D eigenvalue weighted by Crippen LogP contribution is -2.12. The highest BCUT2D eigenvalue weighted by molar-refractivity contribution is 9.10. The number of hydrogen-bond donors (Lipinski definition) is 1. The van der Waals surface area contributed by atoms with Crippen LogP contribution < -0.4 is 4.74 Å². The van der Waals surface area contributed by atoms with Gasteiger partial charge in [0.25, 0.3) is 0 Å². The van der Waals surface area contributed by atoms with Gasteiger partial charge >= 0.3 is 0 Å². The fourth-order valence-electron chi connectivity index (χ4n) is 2.14. The van der Waals surface area contributed by atoms with E-state index in [9.17, 15) is 5.11 Å². The van der Waals surface area contributed by atoms with Crippen molar-refractivity contribution in [1.82, 2.24) is 0 Å². The first-order valence-corrected chi connectivity index (χ1v) is 6.60. The van der Waals surface area contributed by atoms with Gasteiger partial charge in [-0.25, -0.2) is 0 Å². The molecule has 0 aliphatic heterocycles. The van der Waals surface area contributed by atoms with Crippen molar-refractivity contribution in [3.05, 3.63) is 28.2 Å². The van der Waals surface area contributed by atoms with Gasteiger partial charge in [-0.3, -0.25) is 0 Å². The van der Waals surface area contributed by atoms with E-state index in [1.165, 1.54) is 12.8 Å². The summed E-state index contributed by atoms with van der Waals surface area (Å²) in [6.45, 7) is 1.77. The smallest absolute Gasteiger partial charge is 0.126 e. The van der Waals surface area contributed by atoms with Crippen molar-refractivity contribution < 1.29 is 9.84 Å². The Morgan fingerprint density at radius 1 is 1.38 bits per heavy atom. The first kappa shape index (κ1) is 11.9. The average molecular weight is 285 g/mol. The fraction of sp³-hybridized carbons (Fsp3) is 0.538. The molecular formula is C13H17BrO2. The molecule has 0 saturated heterocycles. The molecule has 1 aromatic rings. The first-order valence-electron chi connectivity index (χ1n) is 5.81. The number of aliphatic hydroxyl groups is 1. The molecule has 1 aliphatic rings. The van der Waals surface area contributed by atoms with E-state index in [2.05, 4.69) is 15.9 Å². The molecule has 1 atom stereocenters. The maximum absolute atomic E-state index is 9.67.